The van der Waals surface area contributed by atoms with Crippen molar-refractivity contribution in [3.8, 4) is 0 Å². The van der Waals surface area contributed by atoms with Crippen molar-refractivity contribution in [1.82, 2.24) is 0 Å². The second kappa shape index (κ2) is 5.01. The molecule has 0 amide bonds. The average Bonchev–Trinajstić information content (AvgIpc) is 2.38. The van der Waals surface area contributed by atoms with Gasteiger partial charge in [0.1, 0.15) is 5.69 Å². The van der Waals surface area contributed by atoms with Crippen molar-refractivity contribution >= 4 is 22.2 Å². The van der Waals surface area contributed by atoms with E-state index in [4.69, 9.17) is 0 Å². The first-order chi connectivity index (χ1) is 9.90. The molecule has 1 aromatic rings. The molecule has 0 aromatic heterocycles. The highest BCUT2D eigenvalue weighted by Crippen LogP contribution is 2.42. The molecule has 0 unspecified atom stereocenters. The number of hydrogen-bond acceptors (Lipinski definition) is 4. The Balaban J connectivity index is 1.79. The third kappa shape index (κ3) is 2.52. The van der Waals surface area contributed by atoms with Crippen LogP contribution in [0.4, 0.5) is 20.2 Å². The van der Waals surface area contributed by atoms with Crippen LogP contribution < -0.4 is 4.90 Å². The maximum absolute atomic E-state index is 14.0. The van der Waals surface area contributed by atoms with Gasteiger partial charge in [-0.1, -0.05) is 0 Å². The molecule has 0 radical (unpaired) electrons. The number of hydrogen-bond donors (Lipinski definition) is 0. The fraction of sp³-hybridized carbons (Fsp3) is 0.538. The normalized spacial score (nSPS) is 21.3. The molecule has 3 rings (SSSR count). The van der Waals surface area contributed by atoms with Gasteiger partial charge in [0.15, 0.2) is 11.6 Å². The lowest BCUT2D eigenvalue weighted by molar-refractivity contribution is -0.385. The van der Waals surface area contributed by atoms with Crippen LogP contribution in [0.5, 0.6) is 0 Å². The lowest BCUT2D eigenvalue weighted by Crippen LogP contribution is -2.52. The fourth-order valence-corrected chi connectivity index (χ4v) is 4.95. The fourth-order valence-electron chi connectivity index (χ4n) is 3.09. The monoisotopic (exact) mass is 316 g/mol. The first kappa shape index (κ1) is 14.4. The van der Waals surface area contributed by atoms with Gasteiger partial charge >= 0.3 is 0 Å². The zero-order valence-corrected chi connectivity index (χ0v) is 12.0. The van der Waals surface area contributed by atoms with E-state index >= 15 is 0 Å². The van der Waals surface area contributed by atoms with Gasteiger partial charge < -0.3 is 4.90 Å². The van der Waals surface area contributed by atoms with Crippen LogP contribution in [0.2, 0.25) is 0 Å². The number of nitrogens with zero attached hydrogens (tertiary/aromatic N) is 2. The summed E-state index contributed by atoms with van der Waals surface area (Å²) in [6.07, 6.45) is 1.49. The number of nitro benzene ring substituents is 1. The van der Waals surface area contributed by atoms with Gasteiger partial charge in [-0.25, -0.2) is 8.78 Å². The summed E-state index contributed by atoms with van der Waals surface area (Å²) in [6, 6.07) is 1.50. The number of nitro groups is 1. The van der Waals surface area contributed by atoms with E-state index in [1.165, 1.54) is 0 Å². The predicted molar refractivity (Wildman–Crippen MR) is 74.8 cm³/mol. The van der Waals surface area contributed by atoms with Crippen molar-refractivity contribution in [3.63, 3.8) is 0 Å². The van der Waals surface area contributed by atoms with Crippen molar-refractivity contribution in [2.75, 3.05) is 29.5 Å². The Morgan fingerprint density at radius 3 is 2.14 bits per heavy atom. The molecule has 0 N–H and O–H groups in total. The Labute approximate surface area is 122 Å². The van der Waals surface area contributed by atoms with E-state index in [1.807, 2.05) is 0 Å². The highest BCUT2D eigenvalue weighted by molar-refractivity contribution is 7.86. The van der Waals surface area contributed by atoms with E-state index in [2.05, 4.69) is 0 Å². The molecular weight excluding hydrogens is 302 g/mol. The number of non-ortho nitro benzene ring substituents is 1. The molecule has 21 heavy (non-hydrogen) atoms. The first-order valence-corrected chi connectivity index (χ1v) is 8.12. The van der Waals surface area contributed by atoms with Gasteiger partial charge in [-0.05, 0) is 18.3 Å². The molecule has 8 heteroatoms. The maximum atomic E-state index is 14.0. The third-order valence-electron chi connectivity index (χ3n) is 4.29. The summed E-state index contributed by atoms with van der Waals surface area (Å²) < 4.78 is 39.2. The van der Waals surface area contributed by atoms with E-state index < -0.39 is 33.0 Å². The molecule has 1 aromatic carbocycles. The second-order valence-electron chi connectivity index (χ2n) is 5.73. The molecule has 2 saturated heterocycles. The molecule has 0 aliphatic carbocycles. The molecular formula is C13H14F2N2O3S. The molecule has 0 atom stereocenters. The molecule has 2 aliphatic heterocycles. The Morgan fingerprint density at radius 2 is 1.71 bits per heavy atom. The van der Waals surface area contributed by atoms with Crippen molar-refractivity contribution in [2.45, 2.75) is 12.8 Å². The Kier molecular flexibility index (Phi) is 3.43. The topological polar surface area (TPSA) is 63.5 Å². The molecule has 5 nitrogen and oxygen atoms in total. The van der Waals surface area contributed by atoms with E-state index in [0.29, 0.717) is 24.6 Å². The molecule has 2 heterocycles. The lowest BCUT2D eigenvalue weighted by Gasteiger charge is -2.47. The van der Waals surface area contributed by atoms with Crippen molar-refractivity contribution in [3.05, 3.63) is 33.9 Å². The molecule has 1 spiro atoms. The van der Waals surface area contributed by atoms with Gasteiger partial charge in [0, 0.05) is 35.4 Å². The number of anilines is 1. The Hall–Kier alpha value is -1.57. The summed E-state index contributed by atoms with van der Waals surface area (Å²) in [7, 11) is -0.743. The van der Waals surface area contributed by atoms with Gasteiger partial charge in [0.2, 0.25) is 0 Å². The zero-order chi connectivity index (χ0) is 15.2. The smallest absolute Gasteiger partial charge is 0.275 e. The maximum Gasteiger partial charge on any atom is 0.275 e. The number of rotatable bonds is 2. The first-order valence-electron chi connectivity index (χ1n) is 6.64. The Morgan fingerprint density at radius 1 is 1.19 bits per heavy atom. The van der Waals surface area contributed by atoms with E-state index in [0.717, 1.165) is 25.0 Å². The average molecular weight is 316 g/mol. The van der Waals surface area contributed by atoms with Crippen LogP contribution in [-0.4, -0.2) is 33.7 Å². The van der Waals surface area contributed by atoms with Crippen molar-refractivity contribution < 1.29 is 17.9 Å². The molecule has 0 saturated carbocycles. The minimum Gasteiger partial charge on any atom is -0.367 e. The lowest BCUT2D eigenvalue weighted by atomic mass is 9.81. The van der Waals surface area contributed by atoms with Crippen LogP contribution in [-0.2, 0) is 10.8 Å². The van der Waals surface area contributed by atoms with Crippen LogP contribution in [0.25, 0.3) is 0 Å². The molecule has 2 aliphatic rings. The predicted octanol–water partition coefficient (Wildman–Crippen LogP) is 2.22. The van der Waals surface area contributed by atoms with Gasteiger partial charge in [0.05, 0.1) is 17.1 Å². The van der Waals surface area contributed by atoms with E-state index in [1.54, 1.807) is 4.90 Å². The van der Waals surface area contributed by atoms with Gasteiger partial charge in [0.25, 0.3) is 5.69 Å². The zero-order valence-electron chi connectivity index (χ0n) is 11.2. The second-order valence-corrected chi connectivity index (χ2v) is 7.19. The summed E-state index contributed by atoms with van der Waals surface area (Å²) in [5.74, 6) is -0.470. The quantitative estimate of drug-likeness (QED) is 0.620. The SMILES string of the molecule is O=[N+]([O-])c1cc(F)c(N2CCC3(CC2)CS(=O)C3)c(F)c1. The Bertz CT molecular complexity index is 597. The summed E-state index contributed by atoms with van der Waals surface area (Å²) in [6.45, 7) is 0.950. The van der Waals surface area contributed by atoms with Crippen molar-refractivity contribution in [1.29, 1.82) is 0 Å². The van der Waals surface area contributed by atoms with Gasteiger partial charge in [-0.2, -0.15) is 0 Å². The van der Waals surface area contributed by atoms with E-state index in [-0.39, 0.29) is 11.1 Å². The molecule has 2 fully saturated rings. The summed E-state index contributed by atoms with van der Waals surface area (Å²) in [5.41, 5.74) is -0.720. The van der Waals surface area contributed by atoms with Crippen LogP contribution in [0.15, 0.2) is 12.1 Å². The minimum atomic E-state index is -0.908. The van der Waals surface area contributed by atoms with Crippen molar-refractivity contribution in [2.24, 2.45) is 5.41 Å². The highest BCUT2D eigenvalue weighted by atomic mass is 32.2. The molecule has 0 bridgehead atoms. The van der Waals surface area contributed by atoms with Gasteiger partial charge in [-0.3, -0.25) is 14.3 Å². The molecule has 114 valence electrons. The van der Waals surface area contributed by atoms with Crippen LogP contribution >= 0.6 is 0 Å². The van der Waals surface area contributed by atoms with Crippen LogP contribution in [0, 0.1) is 27.2 Å². The summed E-state index contributed by atoms with van der Waals surface area (Å²) in [5, 5.41) is 10.6. The number of benzene rings is 1. The third-order valence-corrected chi connectivity index (χ3v) is 6.16. The highest BCUT2D eigenvalue weighted by Gasteiger charge is 2.45. The summed E-state index contributed by atoms with van der Waals surface area (Å²) >= 11 is 0. The van der Waals surface area contributed by atoms with E-state index in [9.17, 15) is 23.1 Å². The van der Waals surface area contributed by atoms with Crippen LogP contribution in [0.1, 0.15) is 12.8 Å². The largest absolute Gasteiger partial charge is 0.367 e. The summed E-state index contributed by atoms with van der Waals surface area (Å²) in [4.78, 5) is 11.4. The van der Waals surface area contributed by atoms with Gasteiger partial charge in [-0.15, -0.1) is 0 Å². The number of piperidine rings is 1. The standard InChI is InChI=1S/C13H14F2N2O3S/c14-10-5-9(17(18)19)6-11(15)12(10)16-3-1-13(2-4-16)7-21(20)8-13/h5-6H,1-4,7-8H2. The van der Waals surface area contributed by atoms with Crippen LogP contribution in [0.3, 0.4) is 0 Å². The number of halogens is 2. The minimum absolute atomic E-state index is 0.0646.